The van der Waals surface area contributed by atoms with Gasteiger partial charge >= 0.3 is 0 Å². The van der Waals surface area contributed by atoms with Gasteiger partial charge in [-0.25, -0.2) is 8.42 Å². The van der Waals surface area contributed by atoms with Gasteiger partial charge in [0.05, 0.1) is 29.0 Å². The summed E-state index contributed by atoms with van der Waals surface area (Å²) in [5, 5.41) is 3.23. The van der Waals surface area contributed by atoms with Crippen LogP contribution >= 0.6 is 11.6 Å². The first-order valence-electron chi connectivity index (χ1n) is 6.68. The normalized spacial score (nSPS) is 13.2. The lowest BCUT2D eigenvalue weighted by atomic mass is 10.2. The highest BCUT2D eigenvalue weighted by molar-refractivity contribution is 7.91. The third-order valence-corrected chi connectivity index (χ3v) is 5.07. The first-order chi connectivity index (χ1) is 9.55. The van der Waals surface area contributed by atoms with Crippen LogP contribution in [0.5, 0.6) is 0 Å². The second kappa shape index (κ2) is 8.49. The van der Waals surface area contributed by atoms with E-state index in [0.717, 1.165) is 0 Å². The van der Waals surface area contributed by atoms with Gasteiger partial charge in [0.15, 0.2) is 9.84 Å². The quantitative estimate of drug-likeness (QED) is 0.711. The van der Waals surface area contributed by atoms with E-state index in [2.05, 4.69) is 5.32 Å². The molecule has 0 aliphatic rings. The summed E-state index contributed by atoms with van der Waals surface area (Å²) in [5.74, 6) is 0.640. The van der Waals surface area contributed by atoms with Crippen LogP contribution < -0.4 is 5.32 Å². The van der Waals surface area contributed by atoms with E-state index in [9.17, 15) is 8.42 Å². The second-order valence-electron chi connectivity index (χ2n) is 4.59. The number of hydrogen-bond donors (Lipinski definition) is 1. The third kappa shape index (κ3) is 4.96. The number of anilines is 1. The van der Waals surface area contributed by atoms with Crippen LogP contribution in [0.25, 0.3) is 0 Å². The van der Waals surface area contributed by atoms with E-state index in [-0.39, 0.29) is 11.8 Å². The maximum Gasteiger partial charge on any atom is 0.180 e. The largest absolute Gasteiger partial charge is 0.383 e. The summed E-state index contributed by atoms with van der Waals surface area (Å²) in [4.78, 5) is 0.345. The van der Waals surface area contributed by atoms with Gasteiger partial charge in [0, 0.05) is 13.0 Å². The maximum atomic E-state index is 12.3. The van der Waals surface area contributed by atoms with Crippen molar-refractivity contribution < 1.29 is 13.2 Å². The predicted octanol–water partition coefficient (Wildman–Crippen LogP) is 2.93. The van der Waals surface area contributed by atoms with Gasteiger partial charge in [-0.2, -0.15) is 0 Å². The highest BCUT2D eigenvalue weighted by atomic mass is 35.5. The Morgan fingerprint density at radius 3 is 2.65 bits per heavy atom. The van der Waals surface area contributed by atoms with E-state index in [1.807, 2.05) is 13.0 Å². The molecule has 114 valence electrons. The van der Waals surface area contributed by atoms with Crippen molar-refractivity contribution in [1.82, 2.24) is 0 Å². The molecule has 0 heterocycles. The third-order valence-electron chi connectivity index (χ3n) is 2.88. The summed E-state index contributed by atoms with van der Waals surface area (Å²) >= 11 is 5.76. The molecule has 0 bridgehead atoms. The Morgan fingerprint density at radius 1 is 1.35 bits per heavy atom. The molecule has 1 aromatic rings. The molecule has 0 aromatic heterocycles. The molecule has 0 saturated carbocycles. The zero-order chi connectivity index (χ0) is 15.0. The lowest BCUT2D eigenvalue weighted by Gasteiger charge is -2.20. The van der Waals surface area contributed by atoms with E-state index in [1.54, 1.807) is 25.3 Å². The van der Waals surface area contributed by atoms with Gasteiger partial charge < -0.3 is 10.1 Å². The monoisotopic (exact) mass is 319 g/mol. The zero-order valence-electron chi connectivity index (χ0n) is 11.9. The number of nitrogens with one attached hydrogen (secondary N) is 1. The fraction of sp³-hybridized carbons (Fsp3) is 0.571. The number of benzene rings is 1. The smallest absolute Gasteiger partial charge is 0.180 e. The topological polar surface area (TPSA) is 55.4 Å². The van der Waals surface area contributed by atoms with Crippen molar-refractivity contribution >= 4 is 27.1 Å². The van der Waals surface area contributed by atoms with Crippen molar-refractivity contribution in [3.63, 3.8) is 0 Å². The molecule has 1 rings (SSSR count). The minimum Gasteiger partial charge on any atom is -0.383 e. The summed E-state index contributed by atoms with van der Waals surface area (Å²) < 4.78 is 29.6. The Morgan fingerprint density at radius 2 is 2.05 bits per heavy atom. The number of sulfone groups is 1. The van der Waals surface area contributed by atoms with Gasteiger partial charge in [-0.3, -0.25) is 0 Å². The SMILES string of the molecule is CCCS(=O)(=O)c1ccccc1NC(CCCl)COC. The number of rotatable bonds is 9. The van der Waals surface area contributed by atoms with E-state index in [4.69, 9.17) is 16.3 Å². The van der Waals surface area contributed by atoms with Crippen molar-refractivity contribution in [3.05, 3.63) is 24.3 Å². The minimum absolute atomic E-state index is 0.00419. The van der Waals surface area contributed by atoms with Crippen molar-refractivity contribution in [2.24, 2.45) is 0 Å². The standard InChI is InChI=1S/C14H22ClNO3S/c1-3-10-20(17,18)14-7-5-4-6-13(14)16-12(8-9-15)11-19-2/h4-7,12,16H,3,8-11H2,1-2H3. The highest BCUT2D eigenvalue weighted by Gasteiger charge is 2.19. The Kier molecular flexibility index (Phi) is 7.34. The average molecular weight is 320 g/mol. The van der Waals surface area contributed by atoms with Crippen LogP contribution in [-0.4, -0.2) is 39.8 Å². The molecule has 0 aliphatic carbocycles. The van der Waals surface area contributed by atoms with Gasteiger partial charge in [0.1, 0.15) is 0 Å². The van der Waals surface area contributed by atoms with E-state index >= 15 is 0 Å². The lowest BCUT2D eigenvalue weighted by molar-refractivity contribution is 0.184. The van der Waals surface area contributed by atoms with E-state index < -0.39 is 9.84 Å². The molecule has 1 aromatic carbocycles. The molecule has 0 radical (unpaired) electrons. The molecule has 0 fully saturated rings. The van der Waals surface area contributed by atoms with Gasteiger partial charge in [-0.1, -0.05) is 19.1 Å². The molecule has 1 N–H and O–H groups in total. The first-order valence-corrected chi connectivity index (χ1v) is 8.87. The number of methoxy groups -OCH3 is 1. The molecular weight excluding hydrogens is 298 g/mol. The molecular formula is C14H22ClNO3S. The van der Waals surface area contributed by atoms with Gasteiger partial charge in [-0.05, 0) is 25.0 Å². The Balaban J connectivity index is 3.00. The van der Waals surface area contributed by atoms with E-state index in [0.29, 0.717) is 35.9 Å². The molecule has 6 heteroatoms. The van der Waals surface area contributed by atoms with Crippen molar-refractivity contribution in [2.45, 2.75) is 30.7 Å². The van der Waals surface area contributed by atoms with Crippen LogP contribution in [0.2, 0.25) is 0 Å². The molecule has 0 spiro atoms. The molecule has 0 saturated heterocycles. The number of alkyl halides is 1. The minimum atomic E-state index is -3.25. The number of halogens is 1. The summed E-state index contributed by atoms with van der Waals surface area (Å²) in [5.41, 5.74) is 0.619. The van der Waals surface area contributed by atoms with Gasteiger partial charge in [0.25, 0.3) is 0 Å². The Bertz CT molecular complexity index is 499. The molecule has 0 aliphatic heterocycles. The molecule has 1 unspecified atom stereocenters. The van der Waals surface area contributed by atoms with Crippen LogP contribution in [0.15, 0.2) is 29.2 Å². The van der Waals surface area contributed by atoms with E-state index in [1.165, 1.54) is 0 Å². The van der Waals surface area contributed by atoms with Crippen molar-refractivity contribution in [1.29, 1.82) is 0 Å². The molecule has 20 heavy (non-hydrogen) atoms. The highest BCUT2D eigenvalue weighted by Crippen LogP contribution is 2.23. The summed E-state index contributed by atoms with van der Waals surface area (Å²) in [6, 6.07) is 6.96. The number of hydrogen-bond acceptors (Lipinski definition) is 4. The van der Waals surface area contributed by atoms with Gasteiger partial charge in [0.2, 0.25) is 0 Å². The first kappa shape index (κ1) is 17.3. The summed E-state index contributed by atoms with van der Waals surface area (Å²) in [6.45, 7) is 2.34. The Labute approximate surface area is 126 Å². The van der Waals surface area contributed by atoms with Crippen molar-refractivity contribution in [2.75, 3.05) is 30.7 Å². The molecule has 0 amide bonds. The van der Waals surface area contributed by atoms with Crippen LogP contribution in [0.4, 0.5) is 5.69 Å². The fourth-order valence-electron chi connectivity index (χ4n) is 1.99. The second-order valence-corrected chi connectivity index (χ2v) is 7.04. The van der Waals surface area contributed by atoms with Gasteiger partial charge in [-0.15, -0.1) is 11.6 Å². The predicted molar refractivity (Wildman–Crippen MR) is 83.4 cm³/mol. The maximum absolute atomic E-state index is 12.3. The van der Waals surface area contributed by atoms with Crippen LogP contribution in [0, 0.1) is 0 Å². The fourth-order valence-corrected chi connectivity index (χ4v) is 3.75. The van der Waals surface area contributed by atoms with Crippen LogP contribution in [0.3, 0.4) is 0 Å². The molecule has 4 nitrogen and oxygen atoms in total. The molecule has 1 atom stereocenters. The Hall–Kier alpha value is -0.780. The average Bonchev–Trinajstić information content (AvgIpc) is 2.39. The lowest BCUT2D eigenvalue weighted by Crippen LogP contribution is -2.26. The summed E-state index contributed by atoms with van der Waals surface area (Å²) in [6.07, 6.45) is 1.30. The summed E-state index contributed by atoms with van der Waals surface area (Å²) in [7, 11) is -1.64. The van der Waals surface area contributed by atoms with Crippen molar-refractivity contribution in [3.8, 4) is 0 Å². The number of ether oxygens (including phenoxy) is 1. The number of para-hydroxylation sites is 1. The van der Waals surface area contributed by atoms with Crippen LogP contribution in [-0.2, 0) is 14.6 Å². The zero-order valence-corrected chi connectivity index (χ0v) is 13.5. The van der Waals surface area contributed by atoms with Crippen LogP contribution in [0.1, 0.15) is 19.8 Å².